The van der Waals surface area contributed by atoms with Gasteiger partial charge in [0.2, 0.25) is 0 Å². The minimum Gasteiger partial charge on any atom is -0.289 e. The molecule has 4 rings (SSSR count). The summed E-state index contributed by atoms with van der Waals surface area (Å²) < 4.78 is 0. The maximum absolute atomic E-state index is 12.5. The fourth-order valence-corrected chi connectivity index (χ4v) is 3.02. The number of nitrogens with zero attached hydrogens (tertiary/aromatic N) is 1. The topological polar surface area (TPSA) is 45.8 Å². The van der Waals surface area contributed by atoms with Crippen molar-refractivity contribution in [1.29, 1.82) is 0 Å². The van der Waals surface area contributed by atoms with Crippen molar-refractivity contribution >= 4 is 11.9 Å². The van der Waals surface area contributed by atoms with E-state index in [2.05, 4.69) is 16.3 Å². The minimum absolute atomic E-state index is 0.121. The zero-order valence-electron chi connectivity index (χ0n) is 12.8. The summed E-state index contributed by atoms with van der Waals surface area (Å²) in [5, 5.41) is 7.35. The number of hydrogen-bond acceptors (Lipinski definition) is 2. The van der Waals surface area contributed by atoms with Crippen LogP contribution in [0.1, 0.15) is 27.2 Å². The van der Waals surface area contributed by atoms with E-state index in [4.69, 9.17) is 0 Å². The van der Waals surface area contributed by atoms with E-state index in [1.54, 1.807) is 0 Å². The predicted molar refractivity (Wildman–Crippen MR) is 91.2 cm³/mol. The van der Waals surface area contributed by atoms with Crippen molar-refractivity contribution in [2.75, 3.05) is 0 Å². The zero-order chi connectivity index (χ0) is 15.8. The summed E-state index contributed by atoms with van der Waals surface area (Å²) in [7, 11) is 0. The number of ketones is 1. The molecule has 2 aromatic carbocycles. The first kappa shape index (κ1) is 13.7. The molecule has 1 N–H and O–H groups in total. The van der Waals surface area contributed by atoms with Crippen LogP contribution in [0.5, 0.6) is 0 Å². The number of carbonyl (C=O) groups is 1. The van der Waals surface area contributed by atoms with Crippen LogP contribution in [-0.2, 0) is 6.42 Å². The molecule has 1 aromatic heterocycles. The Morgan fingerprint density at radius 2 is 1.91 bits per heavy atom. The lowest BCUT2D eigenvalue weighted by Crippen LogP contribution is -1.95. The average molecular weight is 300 g/mol. The molecular weight excluding hydrogens is 284 g/mol. The summed E-state index contributed by atoms with van der Waals surface area (Å²) in [5.74, 6) is 0.121. The van der Waals surface area contributed by atoms with Crippen LogP contribution in [0, 0.1) is 6.92 Å². The Kier molecular flexibility index (Phi) is 3.19. The third-order valence-electron chi connectivity index (χ3n) is 4.17. The van der Waals surface area contributed by atoms with E-state index in [9.17, 15) is 4.79 Å². The van der Waals surface area contributed by atoms with Gasteiger partial charge < -0.3 is 0 Å². The van der Waals surface area contributed by atoms with Gasteiger partial charge in [-0.15, -0.1) is 0 Å². The second-order valence-corrected chi connectivity index (χ2v) is 5.91. The van der Waals surface area contributed by atoms with Gasteiger partial charge in [-0.1, -0.05) is 54.1 Å². The fraction of sp³-hybridized carbons (Fsp3) is 0.100. The van der Waals surface area contributed by atoms with E-state index >= 15 is 0 Å². The summed E-state index contributed by atoms with van der Waals surface area (Å²) in [4.78, 5) is 12.5. The molecule has 3 nitrogen and oxygen atoms in total. The van der Waals surface area contributed by atoms with E-state index in [1.165, 1.54) is 5.56 Å². The van der Waals surface area contributed by atoms with Gasteiger partial charge in [0.15, 0.2) is 5.78 Å². The van der Waals surface area contributed by atoms with E-state index in [0.29, 0.717) is 6.42 Å². The molecule has 23 heavy (non-hydrogen) atoms. The Bertz CT molecular complexity index is 920. The van der Waals surface area contributed by atoms with Crippen LogP contribution in [0.15, 0.2) is 60.2 Å². The minimum atomic E-state index is 0.121. The van der Waals surface area contributed by atoms with Crippen molar-refractivity contribution in [3.8, 4) is 11.3 Å². The maximum atomic E-state index is 12.5. The number of aryl methyl sites for hydroxylation is 1. The number of carbonyl (C=O) groups excluding carboxylic acids is 1. The highest BCUT2D eigenvalue weighted by Gasteiger charge is 2.24. The highest BCUT2D eigenvalue weighted by atomic mass is 16.1. The third-order valence-corrected chi connectivity index (χ3v) is 4.17. The second kappa shape index (κ2) is 5.36. The van der Waals surface area contributed by atoms with Gasteiger partial charge in [-0.05, 0) is 24.6 Å². The molecule has 3 heteroatoms. The Morgan fingerprint density at radius 3 is 2.74 bits per heavy atom. The molecule has 112 valence electrons. The predicted octanol–water partition coefficient (Wildman–Crippen LogP) is 4.21. The number of nitrogens with one attached hydrogen (secondary N) is 1. The summed E-state index contributed by atoms with van der Waals surface area (Å²) in [5.41, 5.74) is 6.74. The number of aromatic amines is 1. The summed E-state index contributed by atoms with van der Waals surface area (Å²) in [6, 6.07) is 18.0. The lowest BCUT2D eigenvalue weighted by atomic mass is 10.1. The Hall–Kier alpha value is -2.94. The molecule has 0 unspecified atom stereocenters. The highest BCUT2D eigenvalue weighted by Crippen LogP contribution is 2.28. The molecule has 0 spiro atoms. The van der Waals surface area contributed by atoms with Crippen molar-refractivity contribution in [3.05, 3.63) is 82.6 Å². The first-order valence-electron chi connectivity index (χ1n) is 7.66. The molecule has 1 aliphatic carbocycles. The number of fused-ring (bicyclic) bond motifs is 1. The first-order chi connectivity index (χ1) is 11.2. The van der Waals surface area contributed by atoms with E-state index in [-0.39, 0.29) is 5.78 Å². The smallest absolute Gasteiger partial charge is 0.189 e. The molecule has 0 atom stereocenters. The van der Waals surface area contributed by atoms with Crippen LogP contribution in [-0.4, -0.2) is 16.0 Å². The lowest BCUT2D eigenvalue weighted by Gasteiger charge is -1.96. The van der Waals surface area contributed by atoms with Crippen LogP contribution in [0.2, 0.25) is 0 Å². The van der Waals surface area contributed by atoms with Gasteiger partial charge in [-0.3, -0.25) is 9.89 Å². The Morgan fingerprint density at radius 1 is 1.09 bits per heavy atom. The molecule has 0 amide bonds. The summed E-state index contributed by atoms with van der Waals surface area (Å²) in [6.07, 6.45) is 2.60. The fourth-order valence-electron chi connectivity index (χ4n) is 3.02. The first-order valence-corrected chi connectivity index (χ1v) is 7.66. The molecule has 0 fully saturated rings. The summed E-state index contributed by atoms with van der Waals surface area (Å²) in [6.45, 7) is 2.05. The van der Waals surface area contributed by atoms with Gasteiger partial charge in [0, 0.05) is 23.1 Å². The molecule has 0 saturated carbocycles. The molecule has 1 heterocycles. The van der Waals surface area contributed by atoms with Crippen molar-refractivity contribution in [3.63, 3.8) is 0 Å². The monoisotopic (exact) mass is 300 g/mol. The SMILES string of the molecule is Cc1ccc2c(c1)C/C(=C\c1cc(-c3ccccc3)n[nH]1)C2=O. The second-order valence-electron chi connectivity index (χ2n) is 5.91. The van der Waals surface area contributed by atoms with Gasteiger partial charge in [-0.25, -0.2) is 0 Å². The number of allylic oxidation sites excluding steroid dienone is 1. The zero-order valence-corrected chi connectivity index (χ0v) is 12.8. The van der Waals surface area contributed by atoms with E-state index in [1.807, 2.05) is 61.5 Å². The summed E-state index contributed by atoms with van der Waals surface area (Å²) >= 11 is 0. The van der Waals surface area contributed by atoms with Gasteiger partial charge >= 0.3 is 0 Å². The third kappa shape index (κ3) is 2.50. The highest BCUT2D eigenvalue weighted by molar-refractivity contribution is 6.15. The molecule has 0 radical (unpaired) electrons. The average Bonchev–Trinajstić information content (AvgIpc) is 3.14. The van der Waals surface area contributed by atoms with Crippen molar-refractivity contribution in [2.45, 2.75) is 13.3 Å². The van der Waals surface area contributed by atoms with E-state index < -0.39 is 0 Å². The van der Waals surface area contributed by atoms with Crippen LogP contribution in [0.4, 0.5) is 0 Å². The van der Waals surface area contributed by atoms with Gasteiger partial charge in [0.1, 0.15) is 0 Å². The number of Topliss-reactive ketones (excluding diaryl/α,β-unsaturated/α-hetero) is 1. The normalized spacial score (nSPS) is 15.2. The van der Waals surface area contributed by atoms with Gasteiger partial charge in [0.05, 0.1) is 11.4 Å². The quantitative estimate of drug-likeness (QED) is 0.721. The molecule has 0 saturated heterocycles. The number of aromatic nitrogens is 2. The van der Waals surface area contributed by atoms with E-state index in [0.717, 1.165) is 33.7 Å². The molecule has 0 aliphatic heterocycles. The Balaban J connectivity index is 1.65. The molecular formula is C20H16N2O. The number of rotatable bonds is 2. The standard InChI is InChI=1S/C20H16N2O/c1-13-7-8-18-15(9-13)10-16(20(18)23)11-17-12-19(22-21-17)14-5-3-2-4-6-14/h2-9,11-12H,10H2,1H3,(H,21,22)/b16-11+. The molecule has 1 aliphatic rings. The molecule has 3 aromatic rings. The molecule has 0 bridgehead atoms. The van der Waals surface area contributed by atoms with Gasteiger partial charge in [0.25, 0.3) is 0 Å². The lowest BCUT2D eigenvalue weighted by molar-refractivity contribution is 0.104. The van der Waals surface area contributed by atoms with Crippen LogP contribution < -0.4 is 0 Å². The number of hydrogen-bond donors (Lipinski definition) is 1. The Labute approximate surface area is 134 Å². The van der Waals surface area contributed by atoms with Crippen LogP contribution >= 0.6 is 0 Å². The van der Waals surface area contributed by atoms with Crippen LogP contribution in [0.25, 0.3) is 17.3 Å². The van der Waals surface area contributed by atoms with Crippen molar-refractivity contribution < 1.29 is 4.79 Å². The van der Waals surface area contributed by atoms with Crippen LogP contribution in [0.3, 0.4) is 0 Å². The van der Waals surface area contributed by atoms with Gasteiger partial charge in [-0.2, -0.15) is 5.10 Å². The maximum Gasteiger partial charge on any atom is 0.189 e. The number of benzene rings is 2. The number of H-pyrrole nitrogens is 1. The largest absolute Gasteiger partial charge is 0.289 e. The van der Waals surface area contributed by atoms with Crippen molar-refractivity contribution in [2.24, 2.45) is 0 Å². The van der Waals surface area contributed by atoms with Crippen molar-refractivity contribution in [1.82, 2.24) is 10.2 Å².